The van der Waals surface area contributed by atoms with Gasteiger partial charge in [0, 0.05) is 18.6 Å². The molecule has 7 nitrogen and oxygen atoms in total. The van der Waals surface area contributed by atoms with Gasteiger partial charge in [-0.05, 0) is 36.8 Å². The lowest BCUT2D eigenvalue weighted by molar-refractivity contribution is -0.131. The molecule has 0 spiro atoms. The molecule has 0 fully saturated rings. The Bertz CT molecular complexity index is 833. The molecule has 0 radical (unpaired) electrons. The van der Waals surface area contributed by atoms with Gasteiger partial charge in [-0.25, -0.2) is 5.43 Å². The minimum atomic E-state index is -0.413. The molecule has 27 heavy (non-hydrogen) atoms. The average Bonchev–Trinajstić information content (AvgIpc) is 2.63. The van der Waals surface area contributed by atoms with E-state index in [1.54, 1.807) is 31.4 Å². The van der Waals surface area contributed by atoms with Crippen molar-refractivity contribution in [2.75, 3.05) is 13.7 Å². The molecule has 0 aliphatic carbocycles. The summed E-state index contributed by atoms with van der Waals surface area (Å²) in [6, 6.07) is 12.2. The van der Waals surface area contributed by atoms with E-state index in [1.165, 1.54) is 13.1 Å². The van der Waals surface area contributed by atoms with Crippen molar-refractivity contribution in [1.29, 1.82) is 0 Å². The standard InChI is InChI=1S/C20H22N2O5/c1-4-26-19-12-18(27-14(2)23)9-8-16(19)13-21-22-20(24)11-15-6-5-7-17(10-15)25-3/h5-10,12-13H,4,11H2,1-3H3,(H,22,24)/b21-13+. The predicted molar refractivity (Wildman–Crippen MR) is 101 cm³/mol. The van der Waals surface area contributed by atoms with Crippen LogP contribution in [0.3, 0.4) is 0 Å². The van der Waals surface area contributed by atoms with Gasteiger partial charge in [-0.15, -0.1) is 0 Å². The minimum Gasteiger partial charge on any atom is -0.497 e. The molecule has 1 amide bonds. The normalized spacial score (nSPS) is 10.5. The molecular weight excluding hydrogens is 348 g/mol. The SMILES string of the molecule is CCOc1cc(OC(C)=O)ccc1/C=N/NC(=O)Cc1cccc(OC)c1. The number of nitrogens with zero attached hydrogens (tertiary/aromatic N) is 1. The van der Waals surface area contributed by atoms with Crippen LogP contribution in [-0.4, -0.2) is 31.8 Å². The Balaban J connectivity index is 2.01. The summed E-state index contributed by atoms with van der Waals surface area (Å²) in [5.41, 5.74) is 3.95. The monoisotopic (exact) mass is 370 g/mol. The van der Waals surface area contributed by atoms with Crippen molar-refractivity contribution in [3.63, 3.8) is 0 Å². The first-order chi connectivity index (χ1) is 13.0. The zero-order chi connectivity index (χ0) is 19.6. The zero-order valence-corrected chi connectivity index (χ0v) is 15.5. The van der Waals surface area contributed by atoms with Crippen LogP contribution >= 0.6 is 0 Å². The number of esters is 1. The van der Waals surface area contributed by atoms with Crippen LogP contribution in [0.15, 0.2) is 47.6 Å². The Morgan fingerprint density at radius 3 is 2.67 bits per heavy atom. The van der Waals surface area contributed by atoms with Gasteiger partial charge in [-0.1, -0.05) is 12.1 Å². The van der Waals surface area contributed by atoms with Gasteiger partial charge in [0.15, 0.2) is 0 Å². The highest BCUT2D eigenvalue weighted by molar-refractivity contribution is 5.86. The number of hydrogen-bond acceptors (Lipinski definition) is 6. The smallest absolute Gasteiger partial charge is 0.308 e. The largest absolute Gasteiger partial charge is 0.497 e. The third-order valence-electron chi connectivity index (χ3n) is 3.44. The third-order valence-corrected chi connectivity index (χ3v) is 3.44. The Labute approximate surface area is 157 Å². The van der Waals surface area contributed by atoms with Crippen LogP contribution < -0.4 is 19.6 Å². The summed E-state index contributed by atoms with van der Waals surface area (Å²) in [6.45, 7) is 3.61. The van der Waals surface area contributed by atoms with Crippen LogP contribution in [0.2, 0.25) is 0 Å². The van der Waals surface area contributed by atoms with Crippen LogP contribution in [0.1, 0.15) is 25.0 Å². The van der Waals surface area contributed by atoms with Crippen LogP contribution in [0.4, 0.5) is 0 Å². The number of carbonyl (C=O) groups is 2. The topological polar surface area (TPSA) is 86.2 Å². The molecule has 7 heteroatoms. The number of methoxy groups -OCH3 is 1. The molecule has 2 aromatic rings. The maximum absolute atomic E-state index is 12.0. The molecule has 0 bridgehead atoms. The molecule has 0 saturated heterocycles. The van der Waals surface area contributed by atoms with Gasteiger partial charge >= 0.3 is 5.97 Å². The maximum atomic E-state index is 12.0. The molecule has 0 unspecified atom stereocenters. The van der Waals surface area contributed by atoms with Crippen LogP contribution in [0.25, 0.3) is 0 Å². The number of rotatable bonds is 8. The lowest BCUT2D eigenvalue weighted by Crippen LogP contribution is -2.19. The Kier molecular flexibility index (Phi) is 7.37. The van der Waals surface area contributed by atoms with Gasteiger partial charge < -0.3 is 14.2 Å². The number of benzene rings is 2. The van der Waals surface area contributed by atoms with Crippen molar-refractivity contribution in [2.24, 2.45) is 5.10 Å². The second kappa shape index (κ2) is 9.96. The molecule has 0 aliphatic heterocycles. The first-order valence-corrected chi connectivity index (χ1v) is 8.42. The van der Waals surface area contributed by atoms with Crippen molar-refractivity contribution in [3.05, 3.63) is 53.6 Å². The van der Waals surface area contributed by atoms with Crippen LogP contribution in [-0.2, 0) is 16.0 Å². The van der Waals surface area contributed by atoms with E-state index in [0.29, 0.717) is 29.4 Å². The Morgan fingerprint density at radius 1 is 1.15 bits per heavy atom. The second-order valence-electron chi connectivity index (χ2n) is 5.55. The summed E-state index contributed by atoms with van der Waals surface area (Å²) >= 11 is 0. The quantitative estimate of drug-likeness (QED) is 0.334. The van der Waals surface area contributed by atoms with Crippen LogP contribution in [0.5, 0.6) is 17.2 Å². The van der Waals surface area contributed by atoms with E-state index in [1.807, 2.05) is 25.1 Å². The number of nitrogens with one attached hydrogen (secondary N) is 1. The summed E-state index contributed by atoms with van der Waals surface area (Å²) in [5.74, 6) is 0.905. The van der Waals surface area contributed by atoms with Gasteiger partial charge in [0.1, 0.15) is 17.2 Å². The number of hydrazone groups is 1. The van der Waals surface area contributed by atoms with E-state index in [0.717, 1.165) is 5.56 Å². The molecule has 1 N–H and O–H groups in total. The highest BCUT2D eigenvalue weighted by atomic mass is 16.5. The number of carbonyl (C=O) groups excluding carboxylic acids is 2. The highest BCUT2D eigenvalue weighted by Crippen LogP contribution is 2.24. The molecule has 0 aromatic heterocycles. The molecular formula is C20H22N2O5. The van der Waals surface area contributed by atoms with E-state index in [-0.39, 0.29) is 12.3 Å². The number of amides is 1. The summed E-state index contributed by atoms with van der Waals surface area (Å²) in [6.07, 6.45) is 1.66. The van der Waals surface area contributed by atoms with Crippen molar-refractivity contribution in [2.45, 2.75) is 20.3 Å². The van der Waals surface area contributed by atoms with E-state index in [4.69, 9.17) is 14.2 Å². The molecule has 2 rings (SSSR count). The fourth-order valence-corrected chi connectivity index (χ4v) is 2.31. The fourth-order valence-electron chi connectivity index (χ4n) is 2.31. The summed E-state index contributed by atoms with van der Waals surface area (Å²) in [5, 5.41) is 3.97. The Morgan fingerprint density at radius 2 is 1.96 bits per heavy atom. The van der Waals surface area contributed by atoms with Gasteiger partial charge in [-0.2, -0.15) is 5.10 Å². The van der Waals surface area contributed by atoms with E-state index in [9.17, 15) is 9.59 Å². The molecule has 0 aliphatic rings. The average molecular weight is 370 g/mol. The van der Waals surface area contributed by atoms with Gasteiger partial charge in [-0.3, -0.25) is 9.59 Å². The molecule has 0 saturated carbocycles. The van der Waals surface area contributed by atoms with Crippen molar-refractivity contribution < 1.29 is 23.8 Å². The zero-order valence-electron chi connectivity index (χ0n) is 15.5. The summed E-state index contributed by atoms with van der Waals surface area (Å²) in [4.78, 5) is 23.1. The summed E-state index contributed by atoms with van der Waals surface area (Å²) in [7, 11) is 1.58. The third kappa shape index (κ3) is 6.47. The molecule has 0 heterocycles. The maximum Gasteiger partial charge on any atom is 0.308 e. The van der Waals surface area contributed by atoms with Crippen LogP contribution in [0, 0.1) is 0 Å². The van der Waals surface area contributed by atoms with Crippen molar-refractivity contribution >= 4 is 18.1 Å². The van der Waals surface area contributed by atoms with Crippen molar-refractivity contribution in [3.8, 4) is 17.2 Å². The molecule has 0 atom stereocenters. The van der Waals surface area contributed by atoms with Gasteiger partial charge in [0.05, 0.1) is 26.4 Å². The van der Waals surface area contributed by atoms with E-state index in [2.05, 4.69) is 10.5 Å². The highest BCUT2D eigenvalue weighted by Gasteiger charge is 2.07. The summed E-state index contributed by atoms with van der Waals surface area (Å²) < 4.78 is 15.7. The number of hydrogen-bond donors (Lipinski definition) is 1. The first-order valence-electron chi connectivity index (χ1n) is 8.42. The molecule has 2 aromatic carbocycles. The second-order valence-corrected chi connectivity index (χ2v) is 5.55. The van der Waals surface area contributed by atoms with Gasteiger partial charge in [0.25, 0.3) is 0 Å². The minimum absolute atomic E-state index is 0.179. The lowest BCUT2D eigenvalue weighted by Gasteiger charge is -2.09. The van der Waals surface area contributed by atoms with E-state index >= 15 is 0 Å². The first kappa shape index (κ1) is 20.0. The predicted octanol–water partition coefficient (Wildman–Crippen LogP) is 2.71. The van der Waals surface area contributed by atoms with Crippen molar-refractivity contribution in [1.82, 2.24) is 5.43 Å². The Hall–Kier alpha value is -3.35. The number of ether oxygens (including phenoxy) is 3. The fraction of sp³-hybridized carbons (Fsp3) is 0.250. The molecule has 142 valence electrons. The van der Waals surface area contributed by atoms with Gasteiger partial charge in [0.2, 0.25) is 5.91 Å². The lowest BCUT2D eigenvalue weighted by atomic mass is 10.1. The van der Waals surface area contributed by atoms with E-state index < -0.39 is 5.97 Å².